The van der Waals surface area contributed by atoms with Gasteiger partial charge in [0.25, 0.3) is 0 Å². The van der Waals surface area contributed by atoms with E-state index < -0.39 is 17.6 Å². The summed E-state index contributed by atoms with van der Waals surface area (Å²) >= 11 is 5.99. The lowest BCUT2D eigenvalue weighted by Gasteiger charge is -2.37. The number of pyridine rings is 1. The highest BCUT2D eigenvalue weighted by Gasteiger charge is 2.36. The van der Waals surface area contributed by atoms with Crippen molar-refractivity contribution >= 4 is 35.1 Å². The van der Waals surface area contributed by atoms with E-state index in [-0.39, 0.29) is 42.3 Å². The van der Waals surface area contributed by atoms with Crippen molar-refractivity contribution in [2.45, 2.75) is 6.18 Å². The van der Waals surface area contributed by atoms with Gasteiger partial charge in [0.15, 0.2) is 0 Å². The number of nitrogens with one attached hydrogen (secondary N) is 1. The largest absolute Gasteiger partial charge is 0.419 e. The van der Waals surface area contributed by atoms with E-state index in [2.05, 4.69) is 20.3 Å². The lowest BCUT2D eigenvalue weighted by Crippen LogP contribution is -2.49. The number of nitrogens with zero attached hydrogens (tertiary/aromatic N) is 6. The molecular weight excluding hydrogens is 514 g/mol. The molecule has 3 aromatic rings. The summed E-state index contributed by atoms with van der Waals surface area (Å²) in [7, 11) is 0. The van der Waals surface area contributed by atoms with Crippen molar-refractivity contribution in [1.82, 2.24) is 20.3 Å². The molecule has 0 radical (unpaired) electrons. The summed E-state index contributed by atoms with van der Waals surface area (Å²) in [5, 5.41) is 2.93. The molecule has 1 amide bonds. The molecule has 1 aromatic carbocycles. The van der Waals surface area contributed by atoms with Crippen molar-refractivity contribution < 1.29 is 22.4 Å². The molecule has 4 heterocycles. The minimum Gasteiger partial charge on any atom is -0.353 e. The molecule has 0 spiro atoms. The van der Waals surface area contributed by atoms with Gasteiger partial charge in [-0.3, -0.25) is 9.69 Å². The topological polar surface area (TPSA) is 77.5 Å². The molecule has 2 fully saturated rings. The van der Waals surface area contributed by atoms with E-state index in [1.165, 1.54) is 35.4 Å². The molecule has 2 aromatic heterocycles. The van der Waals surface area contributed by atoms with Crippen molar-refractivity contribution in [2.24, 2.45) is 0 Å². The lowest BCUT2D eigenvalue weighted by molar-refractivity contribution is -0.137. The molecule has 2 saturated heterocycles. The predicted octanol–water partition coefficient (Wildman–Crippen LogP) is 3.61. The monoisotopic (exact) mass is 535 g/mol. The van der Waals surface area contributed by atoms with Gasteiger partial charge < -0.3 is 15.1 Å². The number of carbonyl (C=O) groups is 1. The molecule has 0 aliphatic carbocycles. The smallest absolute Gasteiger partial charge is 0.353 e. The van der Waals surface area contributed by atoms with Crippen LogP contribution in [0.5, 0.6) is 0 Å². The second-order valence-corrected chi connectivity index (χ2v) is 9.02. The van der Waals surface area contributed by atoms with Gasteiger partial charge in [-0.05, 0) is 30.3 Å². The van der Waals surface area contributed by atoms with Crippen LogP contribution in [0.25, 0.3) is 11.3 Å². The van der Waals surface area contributed by atoms with Gasteiger partial charge in [0, 0.05) is 57.1 Å². The zero-order chi connectivity index (χ0) is 26.2. The molecule has 2 aliphatic heterocycles. The van der Waals surface area contributed by atoms with E-state index >= 15 is 0 Å². The number of amides is 1. The number of alkyl halides is 3. The Morgan fingerprint density at radius 3 is 2.43 bits per heavy atom. The molecule has 0 atom stereocenters. The Labute approximate surface area is 214 Å². The summed E-state index contributed by atoms with van der Waals surface area (Å²) in [5.74, 6) is -0.159. The fraction of sp³-hybridized carbons (Fsp3) is 0.333. The van der Waals surface area contributed by atoms with E-state index in [4.69, 9.17) is 11.6 Å². The summed E-state index contributed by atoms with van der Waals surface area (Å²) in [5.41, 5.74) is 0.209. The number of aromatic nitrogens is 3. The number of benzene rings is 1. The molecule has 0 saturated carbocycles. The van der Waals surface area contributed by atoms with Gasteiger partial charge in [-0.1, -0.05) is 11.6 Å². The Morgan fingerprint density at radius 1 is 0.973 bits per heavy atom. The number of hydrogen-bond donors (Lipinski definition) is 1. The number of anilines is 3. The first-order chi connectivity index (χ1) is 17.7. The zero-order valence-corrected chi connectivity index (χ0v) is 20.2. The molecule has 1 N–H and O–H groups in total. The fourth-order valence-corrected chi connectivity index (χ4v) is 4.52. The van der Waals surface area contributed by atoms with Crippen LogP contribution in [0.15, 0.2) is 42.6 Å². The average molecular weight is 536 g/mol. The Balaban J connectivity index is 1.45. The highest BCUT2D eigenvalue weighted by atomic mass is 35.5. The predicted molar refractivity (Wildman–Crippen MR) is 131 cm³/mol. The molecule has 194 valence electrons. The van der Waals surface area contributed by atoms with Crippen molar-refractivity contribution in [3.05, 3.63) is 59.0 Å². The van der Waals surface area contributed by atoms with Gasteiger partial charge >= 0.3 is 6.18 Å². The third kappa shape index (κ3) is 5.30. The summed E-state index contributed by atoms with van der Waals surface area (Å²) in [6.45, 7) is 2.39. The molecule has 0 unspecified atom stereocenters. The van der Waals surface area contributed by atoms with Gasteiger partial charge in [0.2, 0.25) is 11.9 Å². The van der Waals surface area contributed by atoms with Crippen LogP contribution in [-0.2, 0) is 11.0 Å². The first kappa shape index (κ1) is 25.2. The molecular formula is C24H22ClF4N7O. The van der Waals surface area contributed by atoms with E-state index in [1.807, 2.05) is 4.90 Å². The maximum absolute atomic E-state index is 13.8. The number of piperazine rings is 2. The second kappa shape index (κ2) is 10.1. The molecule has 2 aliphatic rings. The van der Waals surface area contributed by atoms with Crippen LogP contribution < -0.4 is 20.0 Å². The fourth-order valence-electron chi connectivity index (χ4n) is 4.34. The number of halogens is 5. The minimum absolute atomic E-state index is 0.0677. The molecule has 13 heteroatoms. The second-order valence-electron chi connectivity index (χ2n) is 8.61. The Bertz CT molecular complexity index is 1310. The summed E-state index contributed by atoms with van der Waals surface area (Å²) < 4.78 is 54.3. The quantitative estimate of drug-likeness (QED) is 0.511. The van der Waals surface area contributed by atoms with E-state index in [1.54, 1.807) is 11.0 Å². The number of carbonyl (C=O) groups excluding carboxylic acids is 1. The van der Waals surface area contributed by atoms with Crippen LogP contribution in [0.3, 0.4) is 0 Å². The van der Waals surface area contributed by atoms with Crippen LogP contribution in [0, 0.1) is 5.82 Å². The van der Waals surface area contributed by atoms with E-state index in [0.717, 1.165) is 6.07 Å². The van der Waals surface area contributed by atoms with Crippen LogP contribution in [0.2, 0.25) is 5.02 Å². The summed E-state index contributed by atoms with van der Waals surface area (Å²) in [4.78, 5) is 30.7. The summed E-state index contributed by atoms with van der Waals surface area (Å²) in [6, 6.07) is 8.22. The Kier molecular flexibility index (Phi) is 6.86. The van der Waals surface area contributed by atoms with Crippen molar-refractivity contribution in [3.63, 3.8) is 0 Å². The van der Waals surface area contributed by atoms with Gasteiger partial charge in [-0.25, -0.2) is 14.4 Å². The molecule has 37 heavy (non-hydrogen) atoms. The third-order valence-electron chi connectivity index (χ3n) is 6.24. The SMILES string of the molecule is O=C1CNCCN1c1nc(-c2ccc(F)c(Cl)c2)cc(N2CCN(c3ncccc3C(F)(F)F)CC2)n1. The molecule has 8 nitrogen and oxygen atoms in total. The maximum atomic E-state index is 13.8. The standard InChI is InChI=1S/C24H22ClF4N7O/c25-17-12-15(3-4-18(17)26)19-13-20(33-23(32-19)36-7-6-30-14-21(36)37)34-8-10-35(11-9-34)22-16(24(27,28)29)2-1-5-31-22/h1-5,12-13,30H,6-11,14H2. The van der Waals surface area contributed by atoms with Gasteiger partial charge in [0.1, 0.15) is 17.5 Å². The highest BCUT2D eigenvalue weighted by Crippen LogP contribution is 2.36. The summed E-state index contributed by atoms with van der Waals surface area (Å²) in [6.07, 6.45) is -3.16. The lowest BCUT2D eigenvalue weighted by atomic mass is 10.1. The first-order valence-electron chi connectivity index (χ1n) is 11.6. The number of rotatable bonds is 4. The van der Waals surface area contributed by atoms with Crippen LogP contribution >= 0.6 is 11.6 Å². The van der Waals surface area contributed by atoms with E-state index in [0.29, 0.717) is 43.3 Å². The molecule has 5 rings (SSSR count). The van der Waals surface area contributed by atoms with Crippen LogP contribution in [0.1, 0.15) is 5.56 Å². The zero-order valence-electron chi connectivity index (χ0n) is 19.5. The Morgan fingerprint density at radius 2 is 1.73 bits per heavy atom. The van der Waals surface area contributed by atoms with Gasteiger partial charge in [-0.15, -0.1) is 0 Å². The van der Waals surface area contributed by atoms with Gasteiger partial charge in [0.05, 0.1) is 22.8 Å². The van der Waals surface area contributed by atoms with Crippen LogP contribution in [-0.4, -0.2) is 66.7 Å². The maximum Gasteiger partial charge on any atom is 0.419 e. The van der Waals surface area contributed by atoms with Crippen LogP contribution in [0.4, 0.5) is 35.1 Å². The number of hydrogen-bond acceptors (Lipinski definition) is 7. The van der Waals surface area contributed by atoms with Crippen molar-refractivity contribution in [1.29, 1.82) is 0 Å². The average Bonchev–Trinajstić information content (AvgIpc) is 2.90. The minimum atomic E-state index is -4.51. The normalized spacial score (nSPS) is 16.9. The first-order valence-corrected chi connectivity index (χ1v) is 12.0. The molecule has 0 bridgehead atoms. The third-order valence-corrected chi connectivity index (χ3v) is 6.53. The van der Waals surface area contributed by atoms with Crippen molar-refractivity contribution in [2.75, 3.05) is 60.5 Å². The van der Waals surface area contributed by atoms with Crippen molar-refractivity contribution in [3.8, 4) is 11.3 Å². The highest BCUT2D eigenvalue weighted by molar-refractivity contribution is 6.31. The van der Waals surface area contributed by atoms with E-state index in [9.17, 15) is 22.4 Å². The Hall–Kier alpha value is -3.51. The van der Waals surface area contributed by atoms with Gasteiger partial charge in [-0.2, -0.15) is 18.2 Å².